The van der Waals surface area contributed by atoms with E-state index in [-0.39, 0.29) is 5.91 Å². The highest BCUT2D eigenvalue weighted by molar-refractivity contribution is 8.01. The maximum absolute atomic E-state index is 13.3. The number of rotatable bonds is 2. The molecular formula is C24H17NOS. The molecule has 3 heteroatoms. The van der Waals surface area contributed by atoms with Crippen molar-refractivity contribution in [3.63, 3.8) is 0 Å². The minimum atomic E-state index is 0.0957. The molecule has 27 heavy (non-hydrogen) atoms. The van der Waals surface area contributed by atoms with Gasteiger partial charge in [0.1, 0.15) is 0 Å². The lowest BCUT2D eigenvalue weighted by Crippen LogP contribution is -2.27. The Labute approximate surface area is 162 Å². The molecule has 0 spiro atoms. The minimum absolute atomic E-state index is 0.0957. The number of benzene rings is 4. The Kier molecular flexibility index (Phi) is 3.95. The summed E-state index contributed by atoms with van der Waals surface area (Å²) in [5, 5.41) is 2.31. The third-order valence-electron chi connectivity index (χ3n) is 4.94. The van der Waals surface area contributed by atoms with Crippen molar-refractivity contribution in [2.24, 2.45) is 0 Å². The molecule has 0 aromatic heterocycles. The monoisotopic (exact) mass is 367 g/mol. The van der Waals surface area contributed by atoms with Gasteiger partial charge in [0.05, 0.1) is 12.1 Å². The topological polar surface area (TPSA) is 20.3 Å². The summed E-state index contributed by atoms with van der Waals surface area (Å²) in [5.74, 6) is 0.0957. The Balaban J connectivity index is 1.54. The predicted molar refractivity (Wildman–Crippen MR) is 113 cm³/mol. The second-order valence-corrected chi connectivity index (χ2v) is 7.60. The number of anilines is 1. The first-order valence-corrected chi connectivity index (χ1v) is 9.74. The van der Waals surface area contributed by atoms with Gasteiger partial charge in [0.25, 0.3) is 0 Å². The number of carbonyl (C=O) groups is 1. The molecule has 0 saturated carbocycles. The molecule has 1 aliphatic heterocycles. The molecule has 0 fully saturated rings. The molecule has 0 unspecified atom stereocenters. The Morgan fingerprint density at radius 2 is 1.44 bits per heavy atom. The molecule has 5 rings (SSSR count). The minimum Gasteiger partial charge on any atom is -0.273 e. The average Bonchev–Trinajstić information content (AvgIpc) is 2.73. The highest BCUT2D eigenvalue weighted by Gasteiger charge is 2.27. The second kappa shape index (κ2) is 6.60. The number of carbonyl (C=O) groups excluding carboxylic acids is 1. The van der Waals surface area contributed by atoms with E-state index in [9.17, 15) is 4.79 Å². The first-order chi connectivity index (χ1) is 13.3. The van der Waals surface area contributed by atoms with Gasteiger partial charge in [-0.25, -0.2) is 4.31 Å². The molecule has 0 N–H and O–H groups in total. The van der Waals surface area contributed by atoms with E-state index in [0.717, 1.165) is 27.1 Å². The molecule has 0 aliphatic carbocycles. The summed E-state index contributed by atoms with van der Waals surface area (Å²) in [6, 6.07) is 30.8. The van der Waals surface area contributed by atoms with Crippen LogP contribution in [0.2, 0.25) is 0 Å². The van der Waals surface area contributed by atoms with E-state index in [4.69, 9.17) is 0 Å². The molecule has 2 nitrogen and oxygen atoms in total. The molecule has 1 aliphatic rings. The first-order valence-electron chi connectivity index (χ1n) is 8.97. The molecule has 4 aromatic rings. The molecular weight excluding hydrogens is 350 g/mol. The fraction of sp³-hybridized carbons (Fsp3) is 0.0417. The van der Waals surface area contributed by atoms with E-state index in [1.165, 1.54) is 22.9 Å². The summed E-state index contributed by atoms with van der Waals surface area (Å²) in [6.07, 6.45) is 0.380. The molecule has 0 atom stereocenters. The molecule has 130 valence electrons. The summed E-state index contributed by atoms with van der Waals surface area (Å²) < 4.78 is 1.85. The van der Waals surface area contributed by atoms with Gasteiger partial charge >= 0.3 is 0 Å². The van der Waals surface area contributed by atoms with Crippen LogP contribution in [0.5, 0.6) is 0 Å². The summed E-state index contributed by atoms with van der Waals surface area (Å²) in [4.78, 5) is 14.4. The fourth-order valence-corrected chi connectivity index (χ4v) is 4.70. The standard InChI is InChI=1S/C24H17NOS/c26-24(16-18-10-7-9-17-8-1-2-11-19(17)18)25-22-14-5-3-12-20(22)21-13-4-6-15-23(21)27-25/h1-15H,16H2. The predicted octanol–water partition coefficient (Wildman–Crippen LogP) is 6.10. The molecule has 0 saturated heterocycles. The molecule has 1 heterocycles. The van der Waals surface area contributed by atoms with Crippen molar-refractivity contribution in [3.8, 4) is 11.1 Å². The fourth-order valence-electron chi connectivity index (χ4n) is 3.66. The van der Waals surface area contributed by atoms with Crippen LogP contribution in [0.4, 0.5) is 5.69 Å². The highest BCUT2D eigenvalue weighted by atomic mass is 32.2. The van der Waals surface area contributed by atoms with Gasteiger partial charge in [-0.15, -0.1) is 0 Å². The summed E-state index contributed by atoms with van der Waals surface area (Å²) >= 11 is 1.52. The maximum Gasteiger partial charge on any atom is 0.241 e. The first kappa shape index (κ1) is 16.2. The Morgan fingerprint density at radius 1 is 0.741 bits per heavy atom. The van der Waals surface area contributed by atoms with Crippen LogP contribution in [0.25, 0.3) is 21.9 Å². The van der Waals surface area contributed by atoms with E-state index in [1.54, 1.807) is 0 Å². The van der Waals surface area contributed by atoms with Gasteiger partial charge in [-0.3, -0.25) is 4.79 Å². The van der Waals surface area contributed by atoms with E-state index in [0.29, 0.717) is 6.42 Å². The SMILES string of the molecule is O=C(Cc1cccc2ccccc12)N1Sc2ccccc2-c2ccccc21. The zero-order valence-corrected chi connectivity index (χ0v) is 15.4. The number of para-hydroxylation sites is 1. The lowest BCUT2D eigenvalue weighted by atomic mass is 10.0. The number of nitrogens with zero attached hydrogens (tertiary/aromatic N) is 1. The molecule has 1 amide bonds. The summed E-state index contributed by atoms with van der Waals surface area (Å²) in [7, 11) is 0. The van der Waals surface area contributed by atoms with E-state index in [1.807, 2.05) is 52.8 Å². The van der Waals surface area contributed by atoms with Crippen LogP contribution in [0.3, 0.4) is 0 Å². The zero-order valence-electron chi connectivity index (χ0n) is 14.6. The van der Waals surface area contributed by atoms with E-state index in [2.05, 4.69) is 42.5 Å². The van der Waals surface area contributed by atoms with Gasteiger partial charge in [0.2, 0.25) is 5.91 Å². The van der Waals surface area contributed by atoms with Crippen molar-refractivity contribution in [3.05, 3.63) is 96.6 Å². The van der Waals surface area contributed by atoms with Crippen LogP contribution >= 0.6 is 11.9 Å². The smallest absolute Gasteiger partial charge is 0.241 e. The maximum atomic E-state index is 13.3. The third-order valence-corrected chi connectivity index (χ3v) is 6.07. The normalized spacial score (nSPS) is 12.5. The van der Waals surface area contributed by atoms with Crippen LogP contribution in [0.1, 0.15) is 5.56 Å². The largest absolute Gasteiger partial charge is 0.273 e. The van der Waals surface area contributed by atoms with Crippen LogP contribution < -0.4 is 4.31 Å². The van der Waals surface area contributed by atoms with Crippen molar-refractivity contribution < 1.29 is 4.79 Å². The van der Waals surface area contributed by atoms with Gasteiger partial charge in [0, 0.05) is 10.5 Å². The number of hydrogen-bond acceptors (Lipinski definition) is 2. The Hall–Kier alpha value is -3.04. The summed E-state index contributed by atoms with van der Waals surface area (Å²) in [5.41, 5.74) is 4.33. The van der Waals surface area contributed by atoms with Gasteiger partial charge < -0.3 is 0 Å². The van der Waals surface area contributed by atoms with E-state index < -0.39 is 0 Å². The van der Waals surface area contributed by atoms with Crippen molar-refractivity contribution >= 4 is 34.3 Å². The molecule has 0 radical (unpaired) electrons. The third kappa shape index (κ3) is 2.81. The highest BCUT2D eigenvalue weighted by Crippen LogP contribution is 2.46. The Bertz CT molecular complexity index is 1160. The van der Waals surface area contributed by atoms with Crippen molar-refractivity contribution in [2.45, 2.75) is 11.3 Å². The van der Waals surface area contributed by atoms with Gasteiger partial charge in [-0.1, -0.05) is 78.9 Å². The van der Waals surface area contributed by atoms with Crippen LogP contribution in [0, 0.1) is 0 Å². The summed E-state index contributed by atoms with van der Waals surface area (Å²) in [6.45, 7) is 0. The van der Waals surface area contributed by atoms with Crippen LogP contribution in [0.15, 0.2) is 95.9 Å². The van der Waals surface area contributed by atoms with E-state index >= 15 is 0 Å². The van der Waals surface area contributed by atoms with Crippen LogP contribution in [-0.2, 0) is 11.2 Å². The lowest BCUT2D eigenvalue weighted by Gasteiger charge is -2.29. The zero-order chi connectivity index (χ0) is 18.2. The number of amides is 1. The van der Waals surface area contributed by atoms with Crippen LogP contribution in [-0.4, -0.2) is 5.91 Å². The average molecular weight is 367 g/mol. The second-order valence-electron chi connectivity index (χ2n) is 6.61. The van der Waals surface area contributed by atoms with Gasteiger partial charge in [-0.2, -0.15) is 0 Å². The van der Waals surface area contributed by atoms with Crippen molar-refractivity contribution in [2.75, 3.05) is 4.31 Å². The molecule has 0 bridgehead atoms. The Morgan fingerprint density at radius 3 is 2.37 bits per heavy atom. The van der Waals surface area contributed by atoms with Gasteiger partial charge in [0.15, 0.2) is 0 Å². The van der Waals surface area contributed by atoms with Crippen molar-refractivity contribution in [1.82, 2.24) is 0 Å². The quantitative estimate of drug-likeness (QED) is 0.399. The lowest BCUT2D eigenvalue weighted by molar-refractivity contribution is -0.116. The number of hydrogen-bond donors (Lipinski definition) is 0. The van der Waals surface area contributed by atoms with Crippen molar-refractivity contribution in [1.29, 1.82) is 0 Å². The number of fused-ring (bicyclic) bond motifs is 4. The van der Waals surface area contributed by atoms with Gasteiger partial charge in [-0.05, 0) is 46.0 Å². The molecule has 4 aromatic carbocycles.